The second-order valence-corrected chi connectivity index (χ2v) is 5.54. The van der Waals surface area contributed by atoms with Crippen molar-refractivity contribution >= 4 is 27.5 Å². The first-order valence-corrected chi connectivity index (χ1v) is 7.21. The average molecular weight is 341 g/mol. The molecule has 2 aromatic rings. The van der Waals surface area contributed by atoms with Crippen LogP contribution >= 0.6 is 27.5 Å². The van der Waals surface area contributed by atoms with Crippen LogP contribution in [0.2, 0.25) is 5.02 Å². The van der Waals surface area contributed by atoms with Gasteiger partial charge in [0.25, 0.3) is 0 Å². The molecule has 0 aliphatic rings. The molecular formula is C15H15BrClNO. The summed E-state index contributed by atoms with van der Waals surface area (Å²) in [6, 6.07) is 15.7. The minimum atomic E-state index is -0.120. The topological polar surface area (TPSA) is 32.3 Å². The van der Waals surface area contributed by atoms with E-state index in [0.29, 0.717) is 11.6 Å². The van der Waals surface area contributed by atoms with Gasteiger partial charge in [0.05, 0.1) is 17.7 Å². The van der Waals surface area contributed by atoms with Gasteiger partial charge in [-0.3, -0.25) is 0 Å². The Hall–Kier alpha value is -0.870. The SMILES string of the molecule is OCC(NCc1ccccc1)c1ccc(Br)c(Cl)c1. The van der Waals surface area contributed by atoms with Crippen molar-refractivity contribution in [2.45, 2.75) is 12.6 Å². The largest absolute Gasteiger partial charge is 0.394 e. The number of hydrogen-bond donors (Lipinski definition) is 2. The molecule has 0 spiro atoms. The minimum absolute atomic E-state index is 0.0325. The van der Waals surface area contributed by atoms with Crippen molar-refractivity contribution in [3.05, 3.63) is 69.2 Å². The lowest BCUT2D eigenvalue weighted by Gasteiger charge is -2.17. The van der Waals surface area contributed by atoms with E-state index in [1.54, 1.807) is 0 Å². The number of benzene rings is 2. The molecule has 1 atom stereocenters. The molecule has 2 nitrogen and oxygen atoms in total. The van der Waals surface area contributed by atoms with Crippen LogP contribution in [0.4, 0.5) is 0 Å². The van der Waals surface area contributed by atoms with Gasteiger partial charge in [0.15, 0.2) is 0 Å². The van der Waals surface area contributed by atoms with Gasteiger partial charge in [-0.25, -0.2) is 0 Å². The molecule has 0 bridgehead atoms. The van der Waals surface area contributed by atoms with Crippen LogP contribution in [0.3, 0.4) is 0 Å². The third kappa shape index (κ3) is 4.05. The second kappa shape index (κ2) is 7.06. The highest BCUT2D eigenvalue weighted by Gasteiger charge is 2.11. The molecule has 0 amide bonds. The lowest BCUT2D eigenvalue weighted by atomic mass is 10.1. The van der Waals surface area contributed by atoms with Crippen molar-refractivity contribution in [1.29, 1.82) is 0 Å². The Bertz CT molecular complexity index is 533. The number of nitrogens with one attached hydrogen (secondary N) is 1. The van der Waals surface area contributed by atoms with Gasteiger partial charge in [-0.15, -0.1) is 0 Å². The molecular weight excluding hydrogens is 326 g/mol. The Morgan fingerprint density at radius 1 is 1.16 bits per heavy atom. The van der Waals surface area contributed by atoms with Crippen LogP contribution in [0.25, 0.3) is 0 Å². The molecule has 2 aromatic carbocycles. The summed E-state index contributed by atoms with van der Waals surface area (Å²) in [7, 11) is 0. The summed E-state index contributed by atoms with van der Waals surface area (Å²) in [6.45, 7) is 0.741. The first kappa shape index (κ1) is 14.5. The molecule has 0 saturated heterocycles. The first-order valence-electron chi connectivity index (χ1n) is 6.04. The molecule has 0 fully saturated rings. The van der Waals surface area contributed by atoms with E-state index in [-0.39, 0.29) is 12.6 Å². The van der Waals surface area contributed by atoms with Gasteiger partial charge in [0.1, 0.15) is 0 Å². The quantitative estimate of drug-likeness (QED) is 0.864. The van der Waals surface area contributed by atoms with Crippen molar-refractivity contribution in [2.24, 2.45) is 0 Å². The number of aliphatic hydroxyl groups excluding tert-OH is 1. The molecule has 1 unspecified atom stereocenters. The number of halogens is 2. The molecule has 0 aliphatic heterocycles. The third-order valence-corrected chi connectivity index (χ3v) is 4.16. The van der Waals surface area contributed by atoms with Crippen LogP contribution < -0.4 is 5.32 Å². The summed E-state index contributed by atoms with van der Waals surface area (Å²) in [4.78, 5) is 0. The van der Waals surface area contributed by atoms with Gasteiger partial charge < -0.3 is 10.4 Å². The van der Waals surface area contributed by atoms with Crippen LogP contribution in [0.15, 0.2) is 53.0 Å². The van der Waals surface area contributed by atoms with E-state index < -0.39 is 0 Å². The normalized spacial score (nSPS) is 12.4. The van der Waals surface area contributed by atoms with Crippen molar-refractivity contribution in [3.8, 4) is 0 Å². The van der Waals surface area contributed by atoms with Gasteiger partial charge in [-0.05, 0) is 39.2 Å². The second-order valence-electron chi connectivity index (χ2n) is 4.28. The zero-order valence-corrected chi connectivity index (χ0v) is 12.7. The lowest BCUT2D eigenvalue weighted by Crippen LogP contribution is -2.23. The Balaban J connectivity index is 2.05. The van der Waals surface area contributed by atoms with Crippen LogP contribution in [-0.2, 0) is 6.54 Å². The molecule has 19 heavy (non-hydrogen) atoms. The Morgan fingerprint density at radius 2 is 1.89 bits per heavy atom. The van der Waals surface area contributed by atoms with E-state index in [0.717, 1.165) is 10.0 Å². The van der Waals surface area contributed by atoms with Gasteiger partial charge >= 0.3 is 0 Å². The van der Waals surface area contributed by atoms with E-state index in [2.05, 4.69) is 33.4 Å². The fraction of sp³-hybridized carbons (Fsp3) is 0.200. The van der Waals surface area contributed by atoms with Crippen molar-refractivity contribution < 1.29 is 5.11 Å². The Labute approximate surface area is 126 Å². The Kier molecular flexibility index (Phi) is 5.40. The zero-order chi connectivity index (χ0) is 13.7. The van der Waals surface area contributed by atoms with Gasteiger partial charge in [-0.1, -0.05) is 48.0 Å². The maximum atomic E-state index is 9.50. The molecule has 100 valence electrons. The predicted molar refractivity (Wildman–Crippen MR) is 82.3 cm³/mol. The maximum Gasteiger partial charge on any atom is 0.0626 e. The number of rotatable bonds is 5. The fourth-order valence-electron chi connectivity index (χ4n) is 1.85. The van der Waals surface area contributed by atoms with E-state index >= 15 is 0 Å². The van der Waals surface area contributed by atoms with E-state index in [1.807, 2.05) is 36.4 Å². The maximum absolute atomic E-state index is 9.50. The fourth-order valence-corrected chi connectivity index (χ4v) is 2.29. The smallest absolute Gasteiger partial charge is 0.0626 e. The van der Waals surface area contributed by atoms with Crippen LogP contribution in [0, 0.1) is 0 Å². The molecule has 0 aromatic heterocycles. The number of aliphatic hydroxyl groups is 1. The highest BCUT2D eigenvalue weighted by atomic mass is 79.9. The minimum Gasteiger partial charge on any atom is -0.394 e. The summed E-state index contributed by atoms with van der Waals surface area (Å²) in [5.41, 5.74) is 2.16. The van der Waals surface area contributed by atoms with Gasteiger partial charge in [-0.2, -0.15) is 0 Å². The summed E-state index contributed by atoms with van der Waals surface area (Å²) < 4.78 is 0.859. The summed E-state index contributed by atoms with van der Waals surface area (Å²) in [5.74, 6) is 0. The predicted octanol–water partition coefficient (Wildman–Crippen LogP) is 3.93. The molecule has 2 N–H and O–H groups in total. The van der Waals surface area contributed by atoms with E-state index in [4.69, 9.17) is 11.6 Å². The van der Waals surface area contributed by atoms with Gasteiger partial charge in [0.2, 0.25) is 0 Å². The highest BCUT2D eigenvalue weighted by molar-refractivity contribution is 9.10. The highest BCUT2D eigenvalue weighted by Crippen LogP contribution is 2.26. The molecule has 0 saturated carbocycles. The van der Waals surface area contributed by atoms with Crippen LogP contribution in [-0.4, -0.2) is 11.7 Å². The molecule has 0 radical (unpaired) electrons. The van der Waals surface area contributed by atoms with Gasteiger partial charge in [0, 0.05) is 11.0 Å². The van der Waals surface area contributed by atoms with E-state index in [9.17, 15) is 5.11 Å². The van der Waals surface area contributed by atoms with Crippen LogP contribution in [0.5, 0.6) is 0 Å². The van der Waals surface area contributed by atoms with Crippen molar-refractivity contribution in [3.63, 3.8) is 0 Å². The summed E-state index contributed by atoms with van der Waals surface area (Å²) >= 11 is 9.44. The lowest BCUT2D eigenvalue weighted by molar-refractivity contribution is 0.243. The third-order valence-electron chi connectivity index (χ3n) is 2.92. The summed E-state index contributed by atoms with van der Waals surface area (Å²) in [5, 5.41) is 13.5. The monoisotopic (exact) mass is 339 g/mol. The van der Waals surface area contributed by atoms with Crippen molar-refractivity contribution in [1.82, 2.24) is 5.32 Å². The van der Waals surface area contributed by atoms with E-state index in [1.165, 1.54) is 5.56 Å². The first-order chi connectivity index (χ1) is 9.20. The molecule has 0 aliphatic carbocycles. The Morgan fingerprint density at radius 3 is 2.53 bits per heavy atom. The molecule has 0 heterocycles. The zero-order valence-electron chi connectivity index (χ0n) is 10.3. The van der Waals surface area contributed by atoms with Crippen molar-refractivity contribution in [2.75, 3.05) is 6.61 Å². The standard InChI is InChI=1S/C15H15BrClNO/c16-13-7-6-12(8-14(13)17)15(10-19)18-9-11-4-2-1-3-5-11/h1-8,15,18-19H,9-10H2. The molecule has 2 rings (SSSR count). The van der Waals surface area contributed by atoms with Crippen LogP contribution in [0.1, 0.15) is 17.2 Å². The summed E-state index contributed by atoms with van der Waals surface area (Å²) in [6.07, 6.45) is 0. The number of hydrogen-bond acceptors (Lipinski definition) is 2. The molecule has 4 heteroatoms. The average Bonchev–Trinajstić information content (AvgIpc) is 2.44.